The molecular weight excluding hydrogens is 106 g/mol. The minimum Gasteiger partial charge on any atom is -0.368 e. The van der Waals surface area contributed by atoms with Crippen LogP contribution in [0.15, 0.2) is 0 Å². The fraction of sp³-hybridized carbons (Fsp3) is 1.00. The molecule has 0 aromatic heterocycles. The van der Waals surface area contributed by atoms with Crippen LogP contribution in [-0.4, -0.2) is 22.5 Å². The van der Waals surface area contributed by atoms with E-state index < -0.39 is 6.29 Å². The maximum absolute atomic E-state index is 8.30. The second-order valence-corrected chi connectivity index (χ2v) is 2.04. The smallest absolute Gasteiger partial charge is 0.151 e. The molecule has 0 aliphatic carbocycles. The first-order chi connectivity index (χ1) is 3.63. The second kappa shape index (κ2) is 3.83. The van der Waals surface area contributed by atoms with E-state index in [1.807, 2.05) is 6.92 Å². The van der Waals surface area contributed by atoms with E-state index in [0.717, 1.165) is 0 Å². The number of hydrogen-bond donors (Lipinski definition) is 3. The van der Waals surface area contributed by atoms with Crippen LogP contribution < -0.4 is 5.73 Å². The summed E-state index contributed by atoms with van der Waals surface area (Å²) in [6.45, 7) is 1.84. The molecule has 0 heterocycles. The Morgan fingerprint density at radius 2 is 1.88 bits per heavy atom. The van der Waals surface area contributed by atoms with Gasteiger partial charge in [0.25, 0.3) is 0 Å². The Bertz CT molecular complexity index is 46.4. The van der Waals surface area contributed by atoms with Gasteiger partial charge in [-0.15, -0.1) is 0 Å². The normalized spacial score (nSPS) is 14.6. The third-order valence-electron chi connectivity index (χ3n) is 0.880. The first-order valence-corrected chi connectivity index (χ1v) is 2.74. The summed E-state index contributed by atoms with van der Waals surface area (Å²) in [5.74, 6) is 0. The Morgan fingerprint density at radius 1 is 1.38 bits per heavy atom. The average Bonchev–Trinajstić information content (AvgIpc) is 1.61. The Kier molecular flexibility index (Phi) is 3.77. The van der Waals surface area contributed by atoms with Gasteiger partial charge < -0.3 is 15.9 Å². The van der Waals surface area contributed by atoms with Crippen molar-refractivity contribution < 1.29 is 10.2 Å². The van der Waals surface area contributed by atoms with E-state index in [9.17, 15) is 0 Å². The molecule has 8 heavy (non-hydrogen) atoms. The lowest BCUT2D eigenvalue weighted by Gasteiger charge is -2.04. The highest BCUT2D eigenvalue weighted by Crippen LogP contribution is 1.95. The molecule has 0 rings (SSSR count). The molecule has 0 spiro atoms. The molecule has 1 atom stereocenters. The average molecular weight is 119 g/mol. The van der Waals surface area contributed by atoms with Crippen molar-refractivity contribution in [3.05, 3.63) is 0 Å². The van der Waals surface area contributed by atoms with Gasteiger partial charge in [0.15, 0.2) is 6.29 Å². The summed E-state index contributed by atoms with van der Waals surface area (Å²) in [5.41, 5.74) is 5.32. The number of aliphatic hydroxyl groups is 2. The van der Waals surface area contributed by atoms with Crippen molar-refractivity contribution in [2.45, 2.75) is 32.1 Å². The van der Waals surface area contributed by atoms with Crippen LogP contribution in [0.2, 0.25) is 0 Å². The molecule has 0 aromatic rings. The van der Waals surface area contributed by atoms with E-state index in [2.05, 4.69) is 0 Å². The molecular formula is C5H13NO2. The minimum atomic E-state index is -1.19. The van der Waals surface area contributed by atoms with Crippen molar-refractivity contribution in [2.24, 2.45) is 5.73 Å². The van der Waals surface area contributed by atoms with Crippen molar-refractivity contribution in [1.82, 2.24) is 0 Å². The lowest BCUT2D eigenvalue weighted by atomic mass is 10.2. The van der Waals surface area contributed by atoms with Crippen LogP contribution >= 0.6 is 0 Å². The van der Waals surface area contributed by atoms with Crippen LogP contribution in [0.5, 0.6) is 0 Å². The monoisotopic (exact) mass is 119 g/mol. The molecule has 3 heteroatoms. The van der Waals surface area contributed by atoms with E-state index >= 15 is 0 Å². The van der Waals surface area contributed by atoms with Crippen LogP contribution in [0.25, 0.3) is 0 Å². The highest BCUT2D eigenvalue weighted by molar-refractivity contribution is 4.52. The van der Waals surface area contributed by atoms with E-state index in [1.165, 1.54) is 0 Å². The van der Waals surface area contributed by atoms with E-state index in [0.29, 0.717) is 12.8 Å². The van der Waals surface area contributed by atoms with Crippen molar-refractivity contribution in [3.63, 3.8) is 0 Å². The molecule has 50 valence electrons. The molecule has 0 saturated carbocycles. The van der Waals surface area contributed by atoms with Crippen LogP contribution in [0, 0.1) is 0 Å². The van der Waals surface area contributed by atoms with Gasteiger partial charge in [0.2, 0.25) is 0 Å². The minimum absolute atomic E-state index is 0.0665. The highest BCUT2D eigenvalue weighted by Gasteiger charge is 1.98. The van der Waals surface area contributed by atoms with Gasteiger partial charge in [0.1, 0.15) is 0 Å². The SMILES string of the molecule is CC(N)CCC(O)O. The number of nitrogens with two attached hydrogens (primary N) is 1. The standard InChI is InChI=1S/C5H13NO2/c1-4(6)2-3-5(7)8/h4-5,7-8H,2-3,6H2,1H3. The molecule has 4 N–H and O–H groups in total. The Balaban J connectivity index is 2.93. The summed E-state index contributed by atoms with van der Waals surface area (Å²) >= 11 is 0. The van der Waals surface area contributed by atoms with E-state index in [4.69, 9.17) is 15.9 Å². The topological polar surface area (TPSA) is 66.5 Å². The fourth-order valence-corrected chi connectivity index (χ4v) is 0.412. The molecule has 0 aromatic carbocycles. The number of hydrogen-bond acceptors (Lipinski definition) is 3. The van der Waals surface area contributed by atoms with Crippen LogP contribution in [0.4, 0.5) is 0 Å². The zero-order valence-electron chi connectivity index (χ0n) is 5.04. The summed E-state index contributed by atoms with van der Waals surface area (Å²) in [6, 6.07) is 0.0665. The molecule has 0 saturated heterocycles. The first kappa shape index (κ1) is 7.88. The Morgan fingerprint density at radius 3 is 2.00 bits per heavy atom. The zero-order valence-corrected chi connectivity index (χ0v) is 5.04. The molecule has 0 aliphatic heterocycles. The van der Waals surface area contributed by atoms with Crippen molar-refractivity contribution >= 4 is 0 Å². The summed E-state index contributed by atoms with van der Waals surface area (Å²) in [7, 11) is 0. The Hall–Kier alpha value is -0.120. The predicted octanol–water partition coefficient (Wildman–Crippen LogP) is -0.576. The summed E-state index contributed by atoms with van der Waals surface area (Å²) in [6.07, 6.45) is -0.156. The molecule has 0 amide bonds. The highest BCUT2D eigenvalue weighted by atomic mass is 16.5. The first-order valence-electron chi connectivity index (χ1n) is 2.74. The predicted molar refractivity (Wildman–Crippen MR) is 31.1 cm³/mol. The molecule has 0 aliphatic rings. The number of rotatable bonds is 3. The van der Waals surface area contributed by atoms with Crippen molar-refractivity contribution in [2.75, 3.05) is 0 Å². The lowest BCUT2D eigenvalue weighted by molar-refractivity contribution is -0.0470. The molecule has 0 radical (unpaired) electrons. The van der Waals surface area contributed by atoms with Gasteiger partial charge in [0.05, 0.1) is 0 Å². The third-order valence-corrected chi connectivity index (χ3v) is 0.880. The molecule has 0 fully saturated rings. The molecule has 0 bridgehead atoms. The zero-order chi connectivity index (χ0) is 6.57. The van der Waals surface area contributed by atoms with Gasteiger partial charge in [-0.1, -0.05) is 0 Å². The summed E-state index contributed by atoms with van der Waals surface area (Å²) in [4.78, 5) is 0. The van der Waals surface area contributed by atoms with Crippen LogP contribution in [0.1, 0.15) is 19.8 Å². The van der Waals surface area contributed by atoms with Gasteiger partial charge in [0, 0.05) is 6.04 Å². The quantitative estimate of drug-likeness (QED) is 0.436. The second-order valence-electron chi connectivity index (χ2n) is 2.04. The fourth-order valence-electron chi connectivity index (χ4n) is 0.412. The largest absolute Gasteiger partial charge is 0.368 e. The van der Waals surface area contributed by atoms with Gasteiger partial charge in [-0.25, -0.2) is 0 Å². The Labute approximate surface area is 49.1 Å². The van der Waals surface area contributed by atoms with Gasteiger partial charge in [-0.3, -0.25) is 0 Å². The summed E-state index contributed by atoms with van der Waals surface area (Å²) in [5, 5.41) is 16.6. The van der Waals surface area contributed by atoms with Crippen LogP contribution in [0.3, 0.4) is 0 Å². The number of aliphatic hydroxyl groups excluding tert-OH is 1. The van der Waals surface area contributed by atoms with Gasteiger partial charge in [-0.2, -0.15) is 0 Å². The maximum atomic E-state index is 8.30. The van der Waals surface area contributed by atoms with Crippen LogP contribution in [-0.2, 0) is 0 Å². The lowest BCUT2D eigenvalue weighted by Crippen LogP contribution is -2.17. The van der Waals surface area contributed by atoms with Crippen molar-refractivity contribution in [1.29, 1.82) is 0 Å². The van der Waals surface area contributed by atoms with E-state index in [1.54, 1.807) is 0 Å². The van der Waals surface area contributed by atoms with E-state index in [-0.39, 0.29) is 6.04 Å². The molecule has 3 nitrogen and oxygen atoms in total. The van der Waals surface area contributed by atoms with Gasteiger partial charge >= 0.3 is 0 Å². The third kappa shape index (κ3) is 5.88. The van der Waals surface area contributed by atoms with Crippen molar-refractivity contribution in [3.8, 4) is 0 Å². The summed E-state index contributed by atoms with van der Waals surface area (Å²) < 4.78 is 0. The molecule has 1 unspecified atom stereocenters. The maximum Gasteiger partial charge on any atom is 0.151 e. The van der Waals surface area contributed by atoms with Gasteiger partial charge in [-0.05, 0) is 19.8 Å².